The summed E-state index contributed by atoms with van der Waals surface area (Å²) in [5.41, 5.74) is 0. The quantitative estimate of drug-likeness (QED) is 0.726. The maximum Gasteiger partial charge on any atom is 0.0183 e. The summed E-state index contributed by atoms with van der Waals surface area (Å²) in [5, 5.41) is 4.52. The van der Waals surface area contributed by atoms with Crippen LogP contribution in [0.25, 0.3) is 0 Å². The number of nitrogens with zero attached hydrogens (tertiary/aromatic N) is 1. The molecule has 0 bridgehead atoms. The number of nitrogens with one attached hydrogen (secondary N) is 1. The lowest BCUT2D eigenvalue weighted by Gasteiger charge is -2.16. The van der Waals surface area contributed by atoms with E-state index in [0.717, 1.165) is 11.9 Å². The lowest BCUT2D eigenvalue weighted by molar-refractivity contribution is 0.331. The van der Waals surface area contributed by atoms with E-state index in [9.17, 15) is 0 Å². The van der Waals surface area contributed by atoms with E-state index in [-0.39, 0.29) is 0 Å². The Kier molecular flexibility index (Phi) is 5.19. The van der Waals surface area contributed by atoms with E-state index in [1.807, 2.05) is 0 Å². The molecule has 1 rings (SSSR count). The van der Waals surface area contributed by atoms with Gasteiger partial charge in [0.05, 0.1) is 0 Å². The topological polar surface area (TPSA) is 15.3 Å². The van der Waals surface area contributed by atoms with Crippen LogP contribution >= 0.6 is 15.9 Å². The Morgan fingerprint density at radius 1 is 1.42 bits per heavy atom. The molecule has 1 N–H and O–H groups in total. The summed E-state index contributed by atoms with van der Waals surface area (Å²) >= 11 is 3.45. The molecule has 0 aromatic carbocycles. The molecule has 0 aromatic rings. The first-order chi connectivity index (χ1) is 5.83. The zero-order valence-corrected chi connectivity index (χ0v) is 9.44. The third-order valence-corrected chi connectivity index (χ3v) is 3.32. The molecule has 2 nitrogen and oxygen atoms in total. The van der Waals surface area contributed by atoms with Crippen molar-refractivity contribution in [3.05, 3.63) is 0 Å². The lowest BCUT2D eigenvalue weighted by atomic mass is 10.4. The third-order valence-electron chi connectivity index (χ3n) is 2.35. The minimum Gasteiger partial charge on any atom is -0.312 e. The van der Waals surface area contributed by atoms with Crippen molar-refractivity contribution in [1.29, 1.82) is 0 Å². The van der Waals surface area contributed by atoms with Gasteiger partial charge in [0.15, 0.2) is 0 Å². The van der Waals surface area contributed by atoms with Crippen molar-refractivity contribution in [2.75, 3.05) is 31.5 Å². The molecule has 3 heteroatoms. The first-order valence-electron chi connectivity index (χ1n) is 4.84. The van der Waals surface area contributed by atoms with Crippen LogP contribution in [0.3, 0.4) is 0 Å². The Morgan fingerprint density at radius 2 is 2.08 bits per heavy atom. The van der Waals surface area contributed by atoms with Gasteiger partial charge in [0.2, 0.25) is 0 Å². The Balaban J connectivity index is 1.94. The van der Waals surface area contributed by atoms with Crippen LogP contribution in [-0.4, -0.2) is 42.5 Å². The molecule has 1 heterocycles. The number of alkyl halides is 1. The molecule has 12 heavy (non-hydrogen) atoms. The summed E-state index contributed by atoms with van der Waals surface area (Å²) in [7, 11) is 0. The largest absolute Gasteiger partial charge is 0.312 e. The van der Waals surface area contributed by atoms with Gasteiger partial charge >= 0.3 is 0 Å². The van der Waals surface area contributed by atoms with Crippen molar-refractivity contribution in [3.63, 3.8) is 0 Å². The Labute approximate surface area is 83.8 Å². The van der Waals surface area contributed by atoms with Gasteiger partial charge in [-0.25, -0.2) is 0 Å². The number of halogens is 1. The van der Waals surface area contributed by atoms with Crippen molar-refractivity contribution in [2.24, 2.45) is 0 Å². The van der Waals surface area contributed by atoms with Gasteiger partial charge in [0.25, 0.3) is 0 Å². The molecule has 1 atom stereocenters. The van der Waals surface area contributed by atoms with Crippen molar-refractivity contribution in [2.45, 2.75) is 25.8 Å². The molecule has 1 aliphatic heterocycles. The predicted octanol–water partition coefficient (Wildman–Crippen LogP) is 1.46. The Bertz CT molecular complexity index is 113. The summed E-state index contributed by atoms with van der Waals surface area (Å²) in [5.74, 6) is 0. The molecule has 0 saturated carbocycles. The molecule has 72 valence electrons. The van der Waals surface area contributed by atoms with E-state index in [0.29, 0.717) is 6.04 Å². The normalized spacial score (nSPS) is 21.5. The highest BCUT2D eigenvalue weighted by Crippen LogP contribution is 2.05. The standard InChI is InChI=1S/C9H19BrN2/c1-9(8-10)11-4-7-12-5-2-3-6-12/h9,11H,2-8H2,1H3. The first-order valence-corrected chi connectivity index (χ1v) is 5.97. The fourth-order valence-corrected chi connectivity index (χ4v) is 1.76. The summed E-state index contributed by atoms with van der Waals surface area (Å²) in [6, 6.07) is 0.604. The van der Waals surface area contributed by atoms with E-state index in [1.54, 1.807) is 0 Å². The van der Waals surface area contributed by atoms with Crippen molar-refractivity contribution >= 4 is 15.9 Å². The predicted molar refractivity (Wildman–Crippen MR) is 56.9 cm³/mol. The highest BCUT2D eigenvalue weighted by molar-refractivity contribution is 9.09. The average Bonchev–Trinajstić information content (AvgIpc) is 2.57. The average molecular weight is 235 g/mol. The maximum absolute atomic E-state index is 3.47. The summed E-state index contributed by atoms with van der Waals surface area (Å²) in [6.45, 7) is 7.18. The van der Waals surface area contributed by atoms with E-state index in [1.165, 1.54) is 32.5 Å². The number of rotatable bonds is 5. The van der Waals surface area contributed by atoms with Crippen LogP contribution in [0.2, 0.25) is 0 Å². The maximum atomic E-state index is 3.47. The van der Waals surface area contributed by atoms with Gasteiger partial charge in [-0.15, -0.1) is 0 Å². The third kappa shape index (κ3) is 3.87. The molecular formula is C9H19BrN2. The first kappa shape index (κ1) is 10.5. The van der Waals surface area contributed by atoms with E-state index in [2.05, 4.69) is 33.1 Å². The number of likely N-dealkylation sites (tertiary alicyclic amines) is 1. The van der Waals surface area contributed by atoms with Crippen LogP contribution in [0.4, 0.5) is 0 Å². The van der Waals surface area contributed by atoms with E-state index >= 15 is 0 Å². The fourth-order valence-electron chi connectivity index (χ4n) is 1.53. The SMILES string of the molecule is CC(CBr)NCCN1CCCC1. The molecule has 0 aliphatic carbocycles. The molecule has 0 amide bonds. The molecule has 1 aliphatic rings. The van der Waals surface area contributed by atoms with Crippen molar-refractivity contribution < 1.29 is 0 Å². The van der Waals surface area contributed by atoms with Crippen LogP contribution in [0.1, 0.15) is 19.8 Å². The molecule has 0 radical (unpaired) electrons. The lowest BCUT2D eigenvalue weighted by Crippen LogP contribution is -2.35. The van der Waals surface area contributed by atoms with Crippen LogP contribution in [0, 0.1) is 0 Å². The number of hydrogen-bond donors (Lipinski definition) is 1. The van der Waals surface area contributed by atoms with Crippen LogP contribution in [0.15, 0.2) is 0 Å². The van der Waals surface area contributed by atoms with Crippen molar-refractivity contribution in [1.82, 2.24) is 10.2 Å². The van der Waals surface area contributed by atoms with Crippen LogP contribution < -0.4 is 5.32 Å². The molecule has 1 unspecified atom stereocenters. The highest BCUT2D eigenvalue weighted by Gasteiger charge is 2.10. The zero-order chi connectivity index (χ0) is 8.81. The number of hydrogen-bond acceptors (Lipinski definition) is 2. The monoisotopic (exact) mass is 234 g/mol. The van der Waals surface area contributed by atoms with Gasteiger partial charge in [0.1, 0.15) is 0 Å². The Morgan fingerprint density at radius 3 is 2.67 bits per heavy atom. The molecule has 0 aromatic heterocycles. The molecular weight excluding hydrogens is 216 g/mol. The summed E-state index contributed by atoms with van der Waals surface area (Å²) in [4.78, 5) is 2.54. The smallest absolute Gasteiger partial charge is 0.0183 e. The highest BCUT2D eigenvalue weighted by atomic mass is 79.9. The van der Waals surface area contributed by atoms with Gasteiger partial charge in [-0.3, -0.25) is 0 Å². The second-order valence-electron chi connectivity index (χ2n) is 3.56. The van der Waals surface area contributed by atoms with Gasteiger partial charge in [-0.2, -0.15) is 0 Å². The molecule has 1 fully saturated rings. The van der Waals surface area contributed by atoms with Crippen molar-refractivity contribution in [3.8, 4) is 0 Å². The molecule has 1 saturated heterocycles. The van der Waals surface area contributed by atoms with Gasteiger partial charge in [0, 0.05) is 24.5 Å². The van der Waals surface area contributed by atoms with Gasteiger partial charge < -0.3 is 10.2 Å². The second kappa shape index (κ2) is 5.95. The van der Waals surface area contributed by atoms with Crippen LogP contribution in [0.5, 0.6) is 0 Å². The van der Waals surface area contributed by atoms with E-state index in [4.69, 9.17) is 0 Å². The minimum atomic E-state index is 0.604. The van der Waals surface area contributed by atoms with Gasteiger partial charge in [-0.05, 0) is 32.9 Å². The summed E-state index contributed by atoms with van der Waals surface area (Å²) in [6.07, 6.45) is 2.79. The fraction of sp³-hybridized carbons (Fsp3) is 1.00. The van der Waals surface area contributed by atoms with E-state index < -0.39 is 0 Å². The Hall–Kier alpha value is 0.400. The molecule has 0 spiro atoms. The van der Waals surface area contributed by atoms with Crippen LogP contribution in [-0.2, 0) is 0 Å². The second-order valence-corrected chi connectivity index (χ2v) is 4.21. The summed E-state index contributed by atoms with van der Waals surface area (Å²) < 4.78 is 0. The van der Waals surface area contributed by atoms with Gasteiger partial charge in [-0.1, -0.05) is 15.9 Å². The minimum absolute atomic E-state index is 0.604. The zero-order valence-electron chi connectivity index (χ0n) is 7.85.